The maximum Gasteiger partial charge on any atom is 0.119 e. The molecular weight excluding hydrogens is 398 g/mol. The molecule has 4 bridgehead atoms. The minimum Gasteiger partial charge on any atom is -0.491 e. The van der Waals surface area contributed by atoms with Crippen LogP contribution < -0.4 is 4.74 Å². The molecule has 6 rings (SSSR count). The van der Waals surface area contributed by atoms with Crippen LogP contribution in [0.1, 0.15) is 84.6 Å². The summed E-state index contributed by atoms with van der Waals surface area (Å²) in [4.78, 5) is 2.34. The molecule has 32 heavy (non-hydrogen) atoms. The van der Waals surface area contributed by atoms with Crippen LogP contribution in [-0.4, -0.2) is 51.6 Å². The molecule has 0 amide bonds. The predicted molar refractivity (Wildman–Crippen MR) is 128 cm³/mol. The number of rotatable bonds is 6. The molecule has 4 aliphatic carbocycles. The van der Waals surface area contributed by atoms with Gasteiger partial charge in [0.1, 0.15) is 18.5 Å². The first-order chi connectivity index (χ1) is 15.0. The molecule has 4 nitrogen and oxygen atoms in total. The monoisotopic (exact) mass is 441 g/mol. The molecular formula is C28H43NO3. The summed E-state index contributed by atoms with van der Waals surface area (Å²) in [5.41, 5.74) is 1.63. The number of likely N-dealkylation sites (tertiary alicyclic amines) is 1. The van der Waals surface area contributed by atoms with Crippen molar-refractivity contribution in [1.82, 2.24) is 4.90 Å². The first kappa shape index (κ1) is 22.7. The van der Waals surface area contributed by atoms with Crippen LogP contribution in [-0.2, 0) is 5.41 Å². The molecule has 1 aliphatic heterocycles. The van der Waals surface area contributed by atoms with Gasteiger partial charge < -0.3 is 14.9 Å². The fourth-order valence-electron chi connectivity index (χ4n) is 8.58. The van der Waals surface area contributed by atoms with Crippen LogP contribution in [0.4, 0.5) is 0 Å². The highest BCUT2D eigenvalue weighted by Gasteiger charge is 2.51. The molecule has 1 aromatic carbocycles. The first-order valence-corrected chi connectivity index (χ1v) is 12.9. The average Bonchev–Trinajstić information content (AvgIpc) is 2.68. The minimum atomic E-state index is -0.563. The van der Waals surface area contributed by atoms with Crippen LogP contribution in [0.5, 0.6) is 5.75 Å². The van der Waals surface area contributed by atoms with Gasteiger partial charge in [0.15, 0.2) is 0 Å². The minimum absolute atomic E-state index is 0.151. The molecule has 5 fully saturated rings. The van der Waals surface area contributed by atoms with Crippen molar-refractivity contribution in [1.29, 1.82) is 0 Å². The molecule has 0 unspecified atom stereocenters. The Morgan fingerprint density at radius 2 is 1.38 bits per heavy atom. The zero-order chi connectivity index (χ0) is 22.7. The number of β-amino-alcohol motifs (C(OH)–C–C–N with tert-alkyl or cyclic N) is 1. The summed E-state index contributed by atoms with van der Waals surface area (Å²) in [7, 11) is 0. The summed E-state index contributed by atoms with van der Waals surface area (Å²) in [6.45, 7) is 9.49. The van der Waals surface area contributed by atoms with Gasteiger partial charge in [-0.3, -0.25) is 4.90 Å². The summed E-state index contributed by atoms with van der Waals surface area (Å²) >= 11 is 0. The van der Waals surface area contributed by atoms with E-state index in [1.54, 1.807) is 0 Å². The van der Waals surface area contributed by atoms with Gasteiger partial charge in [-0.15, -0.1) is 0 Å². The lowest BCUT2D eigenvalue weighted by molar-refractivity contribution is -0.1000. The lowest BCUT2D eigenvalue weighted by Crippen LogP contribution is -2.63. The quantitative estimate of drug-likeness (QED) is 0.659. The van der Waals surface area contributed by atoms with Crippen LogP contribution in [0.25, 0.3) is 0 Å². The fourth-order valence-corrected chi connectivity index (χ4v) is 8.58. The van der Waals surface area contributed by atoms with E-state index in [-0.39, 0.29) is 17.2 Å². The van der Waals surface area contributed by atoms with Crippen molar-refractivity contribution in [3.05, 3.63) is 29.8 Å². The standard InChI is InChI=1S/C28H43NO3/c1-26(2)15-23(30)16-27(3,4)29(26)17-24(31)18-32-25-7-5-22(6-8-25)28-12-19-9-20(13-28)11-21(10-19)14-28/h5-8,19-21,23-24,30-31H,9-18H2,1-4H3/t19?,20?,21?,24-,28?/m1/s1. The second kappa shape index (κ2) is 7.99. The molecule has 178 valence electrons. The van der Waals surface area contributed by atoms with E-state index < -0.39 is 6.10 Å². The van der Waals surface area contributed by atoms with E-state index in [0.29, 0.717) is 18.6 Å². The normalized spacial score (nSPS) is 36.9. The summed E-state index contributed by atoms with van der Waals surface area (Å²) in [5, 5.41) is 21.0. The number of hydrogen-bond acceptors (Lipinski definition) is 4. The number of nitrogens with zero attached hydrogens (tertiary/aromatic N) is 1. The SMILES string of the molecule is CC1(C)CC(O)CC(C)(C)N1C[C@@H](O)COc1ccc(C23CC4CC(CC(C4)C2)C3)cc1. The van der Waals surface area contributed by atoms with E-state index in [1.165, 1.54) is 44.1 Å². The first-order valence-electron chi connectivity index (χ1n) is 12.9. The Kier molecular flexibility index (Phi) is 5.66. The maximum atomic E-state index is 10.8. The van der Waals surface area contributed by atoms with Gasteiger partial charge in [-0.2, -0.15) is 0 Å². The van der Waals surface area contributed by atoms with Crippen LogP contribution in [0.2, 0.25) is 0 Å². The number of aliphatic hydroxyl groups is 2. The summed E-state index contributed by atoms with van der Waals surface area (Å²) < 4.78 is 6.01. The Morgan fingerprint density at radius 1 is 0.875 bits per heavy atom. The molecule has 2 N–H and O–H groups in total. The van der Waals surface area contributed by atoms with Gasteiger partial charge >= 0.3 is 0 Å². The second-order valence-corrected chi connectivity index (χ2v) is 13.0. The van der Waals surface area contributed by atoms with Gasteiger partial charge in [0, 0.05) is 17.6 Å². The van der Waals surface area contributed by atoms with Crippen molar-refractivity contribution in [2.75, 3.05) is 13.2 Å². The lowest BCUT2D eigenvalue weighted by atomic mass is 9.48. The summed E-state index contributed by atoms with van der Waals surface area (Å²) in [6, 6.07) is 8.83. The van der Waals surface area contributed by atoms with Gasteiger partial charge in [-0.05, 0) is 120 Å². The van der Waals surface area contributed by atoms with E-state index in [9.17, 15) is 10.2 Å². The third kappa shape index (κ3) is 4.23. The Hall–Kier alpha value is -1.10. The number of aliphatic hydroxyl groups excluding tert-OH is 2. The summed E-state index contributed by atoms with van der Waals surface area (Å²) in [6.07, 6.45) is 9.19. The molecule has 5 aliphatic rings. The molecule has 0 aromatic heterocycles. The Bertz CT molecular complexity index is 761. The Labute approximate surface area is 194 Å². The second-order valence-electron chi connectivity index (χ2n) is 13.0. The largest absolute Gasteiger partial charge is 0.491 e. The topological polar surface area (TPSA) is 52.9 Å². The number of benzene rings is 1. The number of piperidine rings is 1. The van der Waals surface area contributed by atoms with E-state index >= 15 is 0 Å². The molecule has 4 saturated carbocycles. The van der Waals surface area contributed by atoms with Crippen LogP contribution in [0.15, 0.2) is 24.3 Å². The van der Waals surface area contributed by atoms with Crippen molar-refractivity contribution in [2.45, 2.75) is 108 Å². The molecule has 4 heteroatoms. The van der Waals surface area contributed by atoms with E-state index in [0.717, 1.165) is 36.3 Å². The van der Waals surface area contributed by atoms with Crippen molar-refractivity contribution in [2.24, 2.45) is 17.8 Å². The zero-order valence-electron chi connectivity index (χ0n) is 20.5. The summed E-state index contributed by atoms with van der Waals surface area (Å²) in [5.74, 6) is 3.72. The highest BCUT2D eigenvalue weighted by molar-refractivity contribution is 5.34. The van der Waals surface area contributed by atoms with Crippen LogP contribution >= 0.6 is 0 Å². The van der Waals surface area contributed by atoms with Crippen LogP contribution in [0.3, 0.4) is 0 Å². The predicted octanol–water partition coefficient (Wildman–Crippen LogP) is 4.91. The molecule has 0 spiro atoms. The van der Waals surface area contributed by atoms with Crippen molar-refractivity contribution in [3.63, 3.8) is 0 Å². The van der Waals surface area contributed by atoms with E-state index in [1.807, 2.05) is 0 Å². The third-order valence-electron chi connectivity index (χ3n) is 9.27. The van der Waals surface area contributed by atoms with E-state index in [4.69, 9.17) is 4.74 Å². The van der Waals surface area contributed by atoms with Gasteiger partial charge in [-0.1, -0.05) is 12.1 Å². The zero-order valence-corrected chi connectivity index (χ0v) is 20.5. The Morgan fingerprint density at radius 3 is 1.88 bits per heavy atom. The van der Waals surface area contributed by atoms with Gasteiger partial charge in [0.2, 0.25) is 0 Å². The highest BCUT2D eigenvalue weighted by atomic mass is 16.5. The molecule has 1 aromatic rings. The van der Waals surface area contributed by atoms with Crippen LogP contribution in [0, 0.1) is 17.8 Å². The number of ether oxygens (including phenoxy) is 1. The molecule has 1 saturated heterocycles. The highest BCUT2D eigenvalue weighted by Crippen LogP contribution is 2.60. The Balaban J connectivity index is 1.19. The van der Waals surface area contributed by atoms with Crippen molar-refractivity contribution >= 4 is 0 Å². The average molecular weight is 442 g/mol. The smallest absolute Gasteiger partial charge is 0.119 e. The van der Waals surface area contributed by atoms with Gasteiger partial charge in [0.25, 0.3) is 0 Å². The third-order valence-corrected chi connectivity index (χ3v) is 9.27. The molecule has 0 radical (unpaired) electrons. The number of hydrogen-bond donors (Lipinski definition) is 2. The molecule has 1 heterocycles. The van der Waals surface area contributed by atoms with E-state index in [2.05, 4.69) is 56.9 Å². The van der Waals surface area contributed by atoms with Gasteiger partial charge in [-0.25, -0.2) is 0 Å². The van der Waals surface area contributed by atoms with Gasteiger partial charge in [0.05, 0.1) is 6.10 Å². The molecule has 1 atom stereocenters. The maximum absolute atomic E-state index is 10.8. The van der Waals surface area contributed by atoms with Crippen molar-refractivity contribution in [3.8, 4) is 5.75 Å². The lowest BCUT2D eigenvalue weighted by Gasteiger charge is -2.57. The fraction of sp³-hybridized carbons (Fsp3) is 0.786. The van der Waals surface area contributed by atoms with Crippen molar-refractivity contribution < 1.29 is 14.9 Å².